The van der Waals surface area contributed by atoms with Gasteiger partial charge in [-0.15, -0.1) is 0 Å². The van der Waals surface area contributed by atoms with Gasteiger partial charge in [0, 0.05) is 12.1 Å². The van der Waals surface area contributed by atoms with Gasteiger partial charge in [0.15, 0.2) is 0 Å². The minimum Gasteiger partial charge on any atom is -0.496 e. The summed E-state index contributed by atoms with van der Waals surface area (Å²) in [5.41, 5.74) is 1.18. The Bertz CT molecular complexity index is 500. The topological polar surface area (TPSA) is 47.3 Å². The van der Waals surface area contributed by atoms with E-state index >= 15 is 0 Å². The summed E-state index contributed by atoms with van der Waals surface area (Å²) in [4.78, 5) is 0. The molecule has 1 unspecified atom stereocenters. The van der Waals surface area contributed by atoms with Crippen LogP contribution in [0.4, 0.5) is 0 Å². The van der Waals surface area contributed by atoms with E-state index in [0.717, 1.165) is 16.0 Å². The standard InChI is InChI=1S/C13H15BrN2O2/c1-9(15-8-11-5-6-16-18-11)10-3-4-13(17-2)12(14)7-10/h3-7,9,15H,8H2,1-2H3. The van der Waals surface area contributed by atoms with Crippen molar-refractivity contribution in [1.29, 1.82) is 0 Å². The number of hydrogen-bond donors (Lipinski definition) is 1. The maximum absolute atomic E-state index is 5.21. The Kier molecular flexibility index (Phi) is 4.38. The normalized spacial score (nSPS) is 12.4. The third-order valence-corrected chi connectivity index (χ3v) is 3.37. The van der Waals surface area contributed by atoms with E-state index in [2.05, 4.69) is 39.4 Å². The van der Waals surface area contributed by atoms with Gasteiger partial charge in [-0.05, 0) is 40.5 Å². The first kappa shape index (κ1) is 13.1. The molecule has 0 aliphatic rings. The fourth-order valence-electron chi connectivity index (χ4n) is 1.66. The summed E-state index contributed by atoms with van der Waals surface area (Å²) in [6, 6.07) is 8.12. The Morgan fingerprint density at radius 3 is 2.89 bits per heavy atom. The molecule has 0 aliphatic carbocycles. The molecule has 4 nitrogen and oxygen atoms in total. The molecule has 1 aromatic carbocycles. The van der Waals surface area contributed by atoms with E-state index in [1.54, 1.807) is 13.3 Å². The second kappa shape index (κ2) is 6.02. The molecule has 0 saturated heterocycles. The third kappa shape index (κ3) is 3.11. The molecule has 0 aliphatic heterocycles. The Morgan fingerprint density at radius 2 is 2.28 bits per heavy atom. The van der Waals surface area contributed by atoms with Gasteiger partial charge in [0.25, 0.3) is 0 Å². The van der Waals surface area contributed by atoms with E-state index in [0.29, 0.717) is 6.54 Å². The number of halogens is 1. The molecule has 5 heteroatoms. The molecule has 2 rings (SSSR count). The lowest BCUT2D eigenvalue weighted by Crippen LogP contribution is -2.17. The molecule has 0 radical (unpaired) electrons. The maximum Gasteiger partial charge on any atom is 0.150 e. The first-order valence-electron chi connectivity index (χ1n) is 5.67. The zero-order valence-electron chi connectivity index (χ0n) is 10.3. The molecule has 1 N–H and O–H groups in total. The van der Waals surface area contributed by atoms with Gasteiger partial charge in [0.2, 0.25) is 0 Å². The van der Waals surface area contributed by atoms with Crippen LogP contribution in [0.2, 0.25) is 0 Å². The number of hydrogen-bond acceptors (Lipinski definition) is 4. The summed E-state index contributed by atoms with van der Waals surface area (Å²) in [6.45, 7) is 2.76. The number of ether oxygens (including phenoxy) is 1. The fraction of sp³-hybridized carbons (Fsp3) is 0.308. The van der Waals surface area contributed by atoms with E-state index in [-0.39, 0.29) is 6.04 Å². The van der Waals surface area contributed by atoms with E-state index in [4.69, 9.17) is 9.26 Å². The van der Waals surface area contributed by atoms with Gasteiger partial charge in [0.05, 0.1) is 24.3 Å². The molecular formula is C13H15BrN2O2. The molecule has 0 fully saturated rings. The lowest BCUT2D eigenvalue weighted by atomic mass is 10.1. The largest absolute Gasteiger partial charge is 0.496 e. The summed E-state index contributed by atoms with van der Waals surface area (Å²) in [5, 5.41) is 7.04. The molecule has 96 valence electrons. The van der Waals surface area contributed by atoms with E-state index in [1.807, 2.05) is 18.2 Å². The highest BCUT2D eigenvalue weighted by molar-refractivity contribution is 9.10. The minimum absolute atomic E-state index is 0.220. The summed E-state index contributed by atoms with van der Waals surface area (Å²) < 4.78 is 11.2. The number of aromatic nitrogens is 1. The van der Waals surface area contributed by atoms with Crippen molar-refractivity contribution in [3.8, 4) is 5.75 Å². The van der Waals surface area contributed by atoms with Crippen LogP contribution in [0.5, 0.6) is 5.75 Å². The van der Waals surface area contributed by atoms with E-state index < -0.39 is 0 Å². The molecule has 0 spiro atoms. The highest BCUT2D eigenvalue weighted by atomic mass is 79.9. The molecule has 2 aromatic rings. The Hall–Kier alpha value is -1.33. The second-order valence-corrected chi connectivity index (χ2v) is 4.83. The van der Waals surface area contributed by atoms with Crippen LogP contribution in [0.3, 0.4) is 0 Å². The molecule has 0 saturated carbocycles. The number of nitrogens with zero attached hydrogens (tertiary/aromatic N) is 1. The summed E-state index contributed by atoms with van der Waals surface area (Å²) in [5.74, 6) is 1.66. The number of benzene rings is 1. The van der Waals surface area contributed by atoms with Gasteiger partial charge in [0.1, 0.15) is 11.5 Å². The maximum atomic E-state index is 5.21. The van der Waals surface area contributed by atoms with Crippen molar-refractivity contribution in [2.45, 2.75) is 19.5 Å². The predicted molar refractivity (Wildman–Crippen MR) is 72.5 cm³/mol. The van der Waals surface area contributed by atoms with Gasteiger partial charge in [-0.1, -0.05) is 11.2 Å². The van der Waals surface area contributed by atoms with Crippen LogP contribution in [-0.2, 0) is 6.54 Å². The number of methoxy groups -OCH3 is 1. The van der Waals surface area contributed by atoms with Crippen LogP contribution in [0, 0.1) is 0 Å². The molecule has 0 bridgehead atoms. The lowest BCUT2D eigenvalue weighted by Gasteiger charge is -2.14. The minimum atomic E-state index is 0.220. The molecular weight excluding hydrogens is 296 g/mol. The van der Waals surface area contributed by atoms with Crippen molar-refractivity contribution < 1.29 is 9.26 Å². The molecule has 1 aromatic heterocycles. The van der Waals surface area contributed by atoms with Gasteiger partial charge in [-0.3, -0.25) is 0 Å². The Balaban J connectivity index is 2.00. The van der Waals surface area contributed by atoms with Crippen molar-refractivity contribution in [1.82, 2.24) is 10.5 Å². The van der Waals surface area contributed by atoms with Gasteiger partial charge >= 0.3 is 0 Å². The van der Waals surface area contributed by atoms with Crippen molar-refractivity contribution in [2.24, 2.45) is 0 Å². The first-order valence-corrected chi connectivity index (χ1v) is 6.46. The Labute approximate surface area is 114 Å². The Morgan fingerprint density at radius 1 is 1.44 bits per heavy atom. The highest BCUT2D eigenvalue weighted by Crippen LogP contribution is 2.28. The van der Waals surface area contributed by atoms with Crippen molar-refractivity contribution >= 4 is 15.9 Å². The quantitative estimate of drug-likeness (QED) is 0.920. The zero-order valence-corrected chi connectivity index (χ0v) is 11.9. The summed E-state index contributed by atoms with van der Waals surface area (Å²) in [6.07, 6.45) is 1.64. The van der Waals surface area contributed by atoms with E-state index in [9.17, 15) is 0 Å². The average Bonchev–Trinajstić information content (AvgIpc) is 2.89. The lowest BCUT2D eigenvalue weighted by molar-refractivity contribution is 0.366. The van der Waals surface area contributed by atoms with Crippen LogP contribution < -0.4 is 10.1 Å². The SMILES string of the molecule is COc1ccc(C(C)NCc2ccno2)cc1Br. The van der Waals surface area contributed by atoms with Crippen molar-refractivity contribution in [3.05, 3.63) is 46.3 Å². The van der Waals surface area contributed by atoms with Crippen molar-refractivity contribution in [3.63, 3.8) is 0 Å². The number of rotatable bonds is 5. The van der Waals surface area contributed by atoms with Gasteiger partial charge < -0.3 is 14.6 Å². The predicted octanol–water partition coefficient (Wildman–Crippen LogP) is 3.30. The van der Waals surface area contributed by atoms with E-state index in [1.165, 1.54) is 5.56 Å². The number of nitrogens with one attached hydrogen (secondary N) is 1. The third-order valence-electron chi connectivity index (χ3n) is 2.75. The summed E-state index contributed by atoms with van der Waals surface area (Å²) >= 11 is 3.48. The van der Waals surface area contributed by atoms with Crippen molar-refractivity contribution in [2.75, 3.05) is 7.11 Å². The smallest absolute Gasteiger partial charge is 0.150 e. The monoisotopic (exact) mass is 310 g/mol. The highest BCUT2D eigenvalue weighted by Gasteiger charge is 2.08. The van der Waals surface area contributed by atoms with Gasteiger partial charge in [-0.2, -0.15) is 0 Å². The second-order valence-electron chi connectivity index (χ2n) is 3.98. The van der Waals surface area contributed by atoms with Crippen LogP contribution >= 0.6 is 15.9 Å². The molecule has 1 heterocycles. The van der Waals surface area contributed by atoms with Crippen LogP contribution in [-0.4, -0.2) is 12.3 Å². The fourth-order valence-corrected chi connectivity index (χ4v) is 2.22. The zero-order chi connectivity index (χ0) is 13.0. The first-order chi connectivity index (χ1) is 8.70. The van der Waals surface area contributed by atoms with Gasteiger partial charge in [-0.25, -0.2) is 0 Å². The molecule has 0 amide bonds. The summed E-state index contributed by atoms with van der Waals surface area (Å²) in [7, 11) is 1.66. The van der Waals surface area contributed by atoms with Crippen LogP contribution in [0.1, 0.15) is 24.3 Å². The molecule has 18 heavy (non-hydrogen) atoms. The average molecular weight is 311 g/mol. The molecule has 1 atom stereocenters. The van der Waals surface area contributed by atoms with Crippen LogP contribution in [0.15, 0.2) is 39.5 Å². The van der Waals surface area contributed by atoms with Crippen LogP contribution in [0.25, 0.3) is 0 Å².